The molecule has 0 amide bonds. The van der Waals surface area contributed by atoms with Crippen molar-refractivity contribution in [2.45, 2.75) is 31.4 Å². The van der Waals surface area contributed by atoms with Gasteiger partial charge in [0.05, 0.1) is 6.10 Å². The molecule has 2 rings (SSSR count). The standard InChI is InChI=1S/C19H26N2O/c20-18(14-17-10-5-2-6-11-17)19(22)15-21-13-7-12-16-8-3-1-4-9-16/h1-6,8-11,18-19,21-22H,7,12-15,20H2/t18-,19-/m0/s1. The van der Waals surface area contributed by atoms with Crippen LogP contribution in [0.5, 0.6) is 0 Å². The molecule has 0 radical (unpaired) electrons. The van der Waals surface area contributed by atoms with E-state index in [1.807, 2.05) is 36.4 Å². The Morgan fingerprint density at radius 1 is 0.909 bits per heavy atom. The Balaban J connectivity index is 1.60. The molecule has 0 saturated heterocycles. The predicted molar refractivity (Wildman–Crippen MR) is 91.8 cm³/mol. The highest BCUT2D eigenvalue weighted by molar-refractivity contribution is 5.16. The summed E-state index contributed by atoms with van der Waals surface area (Å²) in [5.74, 6) is 0. The van der Waals surface area contributed by atoms with Gasteiger partial charge in [-0.1, -0.05) is 60.7 Å². The fourth-order valence-corrected chi connectivity index (χ4v) is 2.49. The average Bonchev–Trinajstić information content (AvgIpc) is 2.56. The van der Waals surface area contributed by atoms with Gasteiger partial charge >= 0.3 is 0 Å². The zero-order chi connectivity index (χ0) is 15.6. The zero-order valence-corrected chi connectivity index (χ0v) is 13.0. The SMILES string of the molecule is N[C@@H](Cc1ccccc1)[C@@H](O)CNCCCc1ccccc1. The first-order valence-electron chi connectivity index (χ1n) is 7.98. The van der Waals surface area contributed by atoms with Crippen LogP contribution in [0.15, 0.2) is 60.7 Å². The van der Waals surface area contributed by atoms with Crippen LogP contribution < -0.4 is 11.1 Å². The second kappa shape index (κ2) is 9.36. The minimum atomic E-state index is -0.517. The largest absolute Gasteiger partial charge is 0.390 e. The highest BCUT2D eigenvalue weighted by Crippen LogP contribution is 2.04. The molecule has 0 unspecified atom stereocenters. The first-order valence-corrected chi connectivity index (χ1v) is 7.98. The third kappa shape index (κ3) is 5.98. The molecule has 0 saturated carbocycles. The summed E-state index contributed by atoms with van der Waals surface area (Å²) in [6.07, 6.45) is 2.30. The monoisotopic (exact) mass is 298 g/mol. The van der Waals surface area contributed by atoms with Crippen molar-refractivity contribution >= 4 is 0 Å². The molecule has 0 bridgehead atoms. The summed E-state index contributed by atoms with van der Waals surface area (Å²) in [6.45, 7) is 1.44. The van der Waals surface area contributed by atoms with Crippen LogP contribution in [0, 0.1) is 0 Å². The lowest BCUT2D eigenvalue weighted by Gasteiger charge is -2.19. The van der Waals surface area contributed by atoms with Gasteiger partial charge in [0.25, 0.3) is 0 Å². The number of aliphatic hydroxyl groups excluding tert-OH is 1. The predicted octanol–water partition coefficient (Wildman–Crippen LogP) is 2.14. The van der Waals surface area contributed by atoms with Crippen LogP contribution >= 0.6 is 0 Å². The van der Waals surface area contributed by atoms with E-state index in [-0.39, 0.29) is 6.04 Å². The molecule has 0 aliphatic heterocycles. The lowest BCUT2D eigenvalue weighted by atomic mass is 10.0. The minimum absolute atomic E-state index is 0.232. The molecule has 3 heteroatoms. The van der Waals surface area contributed by atoms with E-state index in [4.69, 9.17) is 5.73 Å². The molecule has 2 aromatic rings. The van der Waals surface area contributed by atoms with Crippen molar-refractivity contribution in [1.29, 1.82) is 0 Å². The summed E-state index contributed by atoms with van der Waals surface area (Å²) in [5, 5.41) is 13.4. The van der Waals surface area contributed by atoms with Crippen LogP contribution in [0.25, 0.3) is 0 Å². The van der Waals surface area contributed by atoms with E-state index in [1.54, 1.807) is 0 Å². The number of aryl methyl sites for hydroxylation is 1. The Bertz CT molecular complexity index is 515. The molecule has 2 atom stereocenters. The van der Waals surface area contributed by atoms with Gasteiger partial charge in [0.15, 0.2) is 0 Å². The molecule has 0 aliphatic rings. The van der Waals surface area contributed by atoms with Gasteiger partial charge in [0.1, 0.15) is 0 Å². The molecule has 0 aliphatic carbocycles. The molecular weight excluding hydrogens is 272 g/mol. The summed E-state index contributed by atoms with van der Waals surface area (Å²) >= 11 is 0. The van der Waals surface area contributed by atoms with Crippen LogP contribution in [0.1, 0.15) is 17.5 Å². The summed E-state index contributed by atoms with van der Waals surface area (Å²) < 4.78 is 0. The third-order valence-corrected chi connectivity index (χ3v) is 3.82. The fourth-order valence-electron chi connectivity index (χ4n) is 2.49. The van der Waals surface area contributed by atoms with E-state index < -0.39 is 6.10 Å². The Kier molecular flexibility index (Phi) is 7.10. The summed E-state index contributed by atoms with van der Waals surface area (Å²) in [7, 11) is 0. The van der Waals surface area contributed by atoms with Gasteiger partial charge in [-0.25, -0.2) is 0 Å². The first-order chi connectivity index (χ1) is 10.8. The average molecular weight is 298 g/mol. The highest BCUT2D eigenvalue weighted by atomic mass is 16.3. The van der Waals surface area contributed by atoms with Crippen molar-refractivity contribution < 1.29 is 5.11 Å². The van der Waals surface area contributed by atoms with Gasteiger partial charge < -0.3 is 16.2 Å². The second-order valence-electron chi connectivity index (χ2n) is 5.71. The fraction of sp³-hybridized carbons (Fsp3) is 0.368. The Labute approximate surface area is 133 Å². The van der Waals surface area contributed by atoms with E-state index in [0.29, 0.717) is 13.0 Å². The normalized spacial score (nSPS) is 13.7. The molecule has 0 spiro atoms. The molecular formula is C19H26N2O. The van der Waals surface area contributed by atoms with Gasteiger partial charge in [-0.15, -0.1) is 0 Å². The van der Waals surface area contributed by atoms with Crippen LogP contribution in [0.2, 0.25) is 0 Å². The Morgan fingerprint density at radius 3 is 2.14 bits per heavy atom. The van der Waals surface area contributed by atoms with Crippen LogP contribution in [0.4, 0.5) is 0 Å². The smallest absolute Gasteiger partial charge is 0.0818 e. The number of rotatable bonds is 9. The van der Waals surface area contributed by atoms with Crippen molar-refractivity contribution in [1.82, 2.24) is 5.32 Å². The summed E-state index contributed by atoms with van der Waals surface area (Å²) in [5.41, 5.74) is 8.58. The molecule has 0 aromatic heterocycles. The number of aliphatic hydroxyl groups is 1. The van der Waals surface area contributed by atoms with Crippen LogP contribution in [-0.2, 0) is 12.8 Å². The number of hydrogen-bond donors (Lipinski definition) is 3. The summed E-state index contributed by atoms with van der Waals surface area (Å²) in [4.78, 5) is 0. The maximum absolute atomic E-state index is 10.1. The molecule has 3 nitrogen and oxygen atoms in total. The topological polar surface area (TPSA) is 58.3 Å². The van der Waals surface area contributed by atoms with Crippen molar-refractivity contribution in [3.63, 3.8) is 0 Å². The Hall–Kier alpha value is -1.68. The molecule has 4 N–H and O–H groups in total. The first kappa shape index (κ1) is 16.7. The van der Waals surface area contributed by atoms with Crippen LogP contribution in [0.3, 0.4) is 0 Å². The van der Waals surface area contributed by atoms with E-state index in [9.17, 15) is 5.11 Å². The third-order valence-electron chi connectivity index (χ3n) is 3.82. The van der Waals surface area contributed by atoms with Crippen molar-refractivity contribution in [2.75, 3.05) is 13.1 Å². The summed E-state index contributed by atoms with van der Waals surface area (Å²) in [6, 6.07) is 20.3. The maximum atomic E-state index is 10.1. The van der Waals surface area contributed by atoms with E-state index in [2.05, 4.69) is 29.6 Å². The number of nitrogens with one attached hydrogen (secondary N) is 1. The maximum Gasteiger partial charge on any atom is 0.0818 e. The van der Waals surface area contributed by atoms with Gasteiger partial charge in [-0.3, -0.25) is 0 Å². The van der Waals surface area contributed by atoms with E-state index in [1.165, 1.54) is 5.56 Å². The second-order valence-corrected chi connectivity index (χ2v) is 5.71. The van der Waals surface area contributed by atoms with Gasteiger partial charge in [-0.2, -0.15) is 0 Å². The Morgan fingerprint density at radius 2 is 1.50 bits per heavy atom. The van der Waals surface area contributed by atoms with Crippen molar-refractivity contribution in [3.05, 3.63) is 71.8 Å². The minimum Gasteiger partial charge on any atom is -0.390 e. The van der Waals surface area contributed by atoms with Gasteiger partial charge in [0, 0.05) is 12.6 Å². The molecule has 0 heterocycles. The number of benzene rings is 2. The number of nitrogens with two attached hydrogens (primary N) is 1. The van der Waals surface area contributed by atoms with E-state index >= 15 is 0 Å². The lowest BCUT2D eigenvalue weighted by Crippen LogP contribution is -2.43. The van der Waals surface area contributed by atoms with Crippen molar-refractivity contribution in [2.24, 2.45) is 5.73 Å². The molecule has 2 aromatic carbocycles. The number of hydrogen-bond acceptors (Lipinski definition) is 3. The van der Waals surface area contributed by atoms with E-state index in [0.717, 1.165) is 24.9 Å². The van der Waals surface area contributed by atoms with Gasteiger partial charge in [0.2, 0.25) is 0 Å². The lowest BCUT2D eigenvalue weighted by molar-refractivity contribution is 0.142. The molecule has 118 valence electrons. The zero-order valence-electron chi connectivity index (χ0n) is 13.0. The highest BCUT2D eigenvalue weighted by Gasteiger charge is 2.14. The van der Waals surface area contributed by atoms with Crippen molar-refractivity contribution in [3.8, 4) is 0 Å². The van der Waals surface area contributed by atoms with Gasteiger partial charge in [-0.05, 0) is 36.9 Å². The molecule has 0 fully saturated rings. The molecule has 22 heavy (non-hydrogen) atoms. The van der Waals surface area contributed by atoms with Crippen LogP contribution in [-0.4, -0.2) is 30.3 Å². The quantitative estimate of drug-likeness (QED) is 0.622.